The first-order valence-corrected chi connectivity index (χ1v) is 6.50. The molecule has 0 fully saturated rings. The van der Waals surface area contributed by atoms with Crippen molar-refractivity contribution in [2.24, 2.45) is 5.92 Å². The van der Waals surface area contributed by atoms with Gasteiger partial charge in [0.1, 0.15) is 17.6 Å². The van der Waals surface area contributed by atoms with Crippen molar-refractivity contribution in [2.45, 2.75) is 39.0 Å². The number of anilines is 1. The zero-order valence-electron chi connectivity index (χ0n) is 12.1. The van der Waals surface area contributed by atoms with E-state index in [4.69, 9.17) is 5.26 Å². The lowest BCUT2D eigenvalue weighted by Crippen LogP contribution is -2.35. The molecule has 0 bridgehead atoms. The number of hydrogen-bond donors (Lipinski definition) is 2. The molecule has 1 aromatic rings. The SMILES string of the molecule is CC(C)CC(C)(O)CNc1nc(C(F)(F)F)ccc1C#N. The van der Waals surface area contributed by atoms with E-state index in [0.717, 1.165) is 12.1 Å². The molecule has 4 nitrogen and oxygen atoms in total. The summed E-state index contributed by atoms with van der Waals surface area (Å²) in [6.07, 6.45) is -4.11. The standard InChI is InChI=1S/C14H18F3N3O/c1-9(2)6-13(3,21)8-19-12-10(7-18)4-5-11(20-12)14(15,16)17/h4-5,9,21H,6,8H2,1-3H3,(H,19,20). The van der Waals surface area contributed by atoms with Gasteiger partial charge in [-0.2, -0.15) is 18.4 Å². The molecular weight excluding hydrogens is 283 g/mol. The highest BCUT2D eigenvalue weighted by Gasteiger charge is 2.33. The maximum atomic E-state index is 12.6. The zero-order valence-corrected chi connectivity index (χ0v) is 12.1. The number of aliphatic hydroxyl groups is 1. The number of hydrogen-bond acceptors (Lipinski definition) is 4. The highest BCUT2D eigenvalue weighted by Crippen LogP contribution is 2.29. The fourth-order valence-corrected chi connectivity index (χ4v) is 2.07. The first-order valence-electron chi connectivity index (χ1n) is 6.50. The van der Waals surface area contributed by atoms with Crippen molar-refractivity contribution in [3.63, 3.8) is 0 Å². The molecule has 0 amide bonds. The molecule has 1 unspecified atom stereocenters. The molecule has 21 heavy (non-hydrogen) atoms. The Bertz CT molecular complexity index is 533. The van der Waals surface area contributed by atoms with E-state index in [-0.39, 0.29) is 23.8 Å². The molecule has 0 aliphatic heterocycles. The Balaban J connectivity index is 2.94. The summed E-state index contributed by atoms with van der Waals surface area (Å²) >= 11 is 0. The minimum Gasteiger partial charge on any atom is -0.388 e. The van der Waals surface area contributed by atoms with E-state index in [1.807, 2.05) is 13.8 Å². The quantitative estimate of drug-likeness (QED) is 0.876. The summed E-state index contributed by atoms with van der Waals surface area (Å²) in [6.45, 7) is 5.45. The third-order valence-corrected chi connectivity index (χ3v) is 2.79. The molecule has 1 atom stereocenters. The van der Waals surface area contributed by atoms with Crippen LogP contribution in [0.1, 0.15) is 38.4 Å². The van der Waals surface area contributed by atoms with Gasteiger partial charge in [-0.15, -0.1) is 0 Å². The van der Waals surface area contributed by atoms with E-state index in [1.165, 1.54) is 0 Å². The topological polar surface area (TPSA) is 68.9 Å². The van der Waals surface area contributed by atoms with Gasteiger partial charge in [0.2, 0.25) is 0 Å². The third kappa shape index (κ3) is 5.23. The normalized spacial score (nSPS) is 14.6. The first-order chi connectivity index (χ1) is 9.55. The van der Waals surface area contributed by atoms with Gasteiger partial charge in [0.15, 0.2) is 0 Å². The van der Waals surface area contributed by atoms with Gasteiger partial charge < -0.3 is 10.4 Å². The van der Waals surface area contributed by atoms with Crippen molar-refractivity contribution in [1.29, 1.82) is 5.26 Å². The fraction of sp³-hybridized carbons (Fsp3) is 0.571. The van der Waals surface area contributed by atoms with E-state index in [1.54, 1.807) is 13.0 Å². The molecule has 7 heteroatoms. The van der Waals surface area contributed by atoms with Crippen molar-refractivity contribution >= 4 is 5.82 Å². The largest absolute Gasteiger partial charge is 0.433 e. The Morgan fingerprint density at radius 3 is 2.48 bits per heavy atom. The van der Waals surface area contributed by atoms with Crippen molar-refractivity contribution in [2.75, 3.05) is 11.9 Å². The molecule has 0 saturated carbocycles. The number of pyridine rings is 1. The average Bonchev–Trinajstić information content (AvgIpc) is 2.33. The molecule has 0 spiro atoms. The van der Waals surface area contributed by atoms with Gasteiger partial charge in [0, 0.05) is 6.54 Å². The lowest BCUT2D eigenvalue weighted by atomic mass is 9.94. The molecule has 1 rings (SSSR count). The fourth-order valence-electron chi connectivity index (χ4n) is 2.07. The summed E-state index contributed by atoms with van der Waals surface area (Å²) in [6, 6.07) is 3.60. The summed E-state index contributed by atoms with van der Waals surface area (Å²) in [5.74, 6) is 0.0584. The number of nitriles is 1. The van der Waals surface area contributed by atoms with Gasteiger partial charge in [-0.1, -0.05) is 13.8 Å². The number of nitrogens with one attached hydrogen (secondary N) is 1. The van der Waals surface area contributed by atoms with Crippen molar-refractivity contribution in [3.05, 3.63) is 23.4 Å². The van der Waals surface area contributed by atoms with E-state index < -0.39 is 17.5 Å². The maximum Gasteiger partial charge on any atom is 0.433 e. The smallest absolute Gasteiger partial charge is 0.388 e. The number of nitrogens with zero attached hydrogens (tertiary/aromatic N) is 2. The minimum atomic E-state index is -4.58. The number of rotatable bonds is 5. The van der Waals surface area contributed by atoms with Crippen LogP contribution in [0.2, 0.25) is 0 Å². The average molecular weight is 301 g/mol. The van der Waals surface area contributed by atoms with Gasteiger partial charge >= 0.3 is 6.18 Å². The molecular formula is C14H18F3N3O. The summed E-state index contributed by atoms with van der Waals surface area (Å²) in [5.41, 5.74) is -2.17. The van der Waals surface area contributed by atoms with E-state index in [0.29, 0.717) is 6.42 Å². The first kappa shape index (κ1) is 17.2. The zero-order chi connectivity index (χ0) is 16.3. The van der Waals surface area contributed by atoms with Crippen molar-refractivity contribution in [3.8, 4) is 6.07 Å². The van der Waals surface area contributed by atoms with Gasteiger partial charge in [-0.3, -0.25) is 0 Å². The Kier molecular flexibility index (Phi) is 5.18. The lowest BCUT2D eigenvalue weighted by molar-refractivity contribution is -0.141. The monoisotopic (exact) mass is 301 g/mol. The third-order valence-electron chi connectivity index (χ3n) is 2.79. The Morgan fingerprint density at radius 1 is 1.38 bits per heavy atom. The van der Waals surface area contributed by atoms with E-state index in [9.17, 15) is 18.3 Å². The van der Waals surface area contributed by atoms with Crippen LogP contribution in [0.5, 0.6) is 0 Å². The van der Waals surface area contributed by atoms with Crippen LogP contribution in [0.15, 0.2) is 12.1 Å². The highest BCUT2D eigenvalue weighted by molar-refractivity contribution is 5.52. The van der Waals surface area contributed by atoms with Crippen LogP contribution in [0.3, 0.4) is 0 Å². The van der Waals surface area contributed by atoms with Crippen molar-refractivity contribution < 1.29 is 18.3 Å². The summed E-state index contributed by atoms with van der Waals surface area (Å²) < 4.78 is 37.9. The molecule has 0 radical (unpaired) electrons. The van der Waals surface area contributed by atoms with Crippen LogP contribution in [0, 0.1) is 17.2 Å². The second-order valence-electron chi connectivity index (χ2n) is 5.65. The molecule has 0 aliphatic carbocycles. The van der Waals surface area contributed by atoms with Crippen LogP contribution in [0.4, 0.5) is 19.0 Å². The van der Waals surface area contributed by atoms with Crippen LogP contribution in [-0.4, -0.2) is 22.2 Å². The molecule has 1 heterocycles. The van der Waals surface area contributed by atoms with Crippen molar-refractivity contribution in [1.82, 2.24) is 4.98 Å². The van der Waals surface area contributed by atoms with E-state index in [2.05, 4.69) is 10.3 Å². The molecule has 1 aromatic heterocycles. The number of alkyl halides is 3. The lowest BCUT2D eigenvalue weighted by Gasteiger charge is -2.26. The summed E-state index contributed by atoms with van der Waals surface area (Å²) in [4.78, 5) is 3.43. The van der Waals surface area contributed by atoms with Crippen LogP contribution < -0.4 is 5.32 Å². The van der Waals surface area contributed by atoms with Gasteiger partial charge in [0.05, 0.1) is 11.2 Å². The number of aromatic nitrogens is 1. The molecule has 2 N–H and O–H groups in total. The second-order valence-corrected chi connectivity index (χ2v) is 5.65. The van der Waals surface area contributed by atoms with Gasteiger partial charge in [-0.25, -0.2) is 4.98 Å². The summed E-state index contributed by atoms with van der Waals surface area (Å²) in [7, 11) is 0. The predicted molar refractivity (Wildman–Crippen MR) is 72.5 cm³/mol. The highest BCUT2D eigenvalue weighted by atomic mass is 19.4. The van der Waals surface area contributed by atoms with Crippen LogP contribution >= 0.6 is 0 Å². The Labute approximate surface area is 121 Å². The van der Waals surface area contributed by atoms with Gasteiger partial charge in [-0.05, 0) is 31.4 Å². The molecule has 0 saturated heterocycles. The summed E-state index contributed by atoms with van der Waals surface area (Å²) in [5, 5.41) is 21.7. The maximum absolute atomic E-state index is 12.6. The molecule has 0 aromatic carbocycles. The molecule has 116 valence electrons. The van der Waals surface area contributed by atoms with E-state index >= 15 is 0 Å². The predicted octanol–water partition coefficient (Wildman–Crippen LogP) is 3.18. The van der Waals surface area contributed by atoms with Crippen LogP contribution in [-0.2, 0) is 6.18 Å². The van der Waals surface area contributed by atoms with Crippen LogP contribution in [0.25, 0.3) is 0 Å². The Hall–Kier alpha value is -1.81. The minimum absolute atomic E-state index is 0.00310. The Morgan fingerprint density at radius 2 is 2.00 bits per heavy atom. The van der Waals surface area contributed by atoms with Gasteiger partial charge in [0.25, 0.3) is 0 Å². The molecule has 0 aliphatic rings. The number of halogens is 3. The second kappa shape index (κ2) is 6.31.